The molecule has 1 unspecified atom stereocenters. The fraction of sp³-hybridized carbons (Fsp3) is 0.364. The van der Waals surface area contributed by atoms with Crippen LogP contribution in [0.2, 0.25) is 0 Å². The van der Waals surface area contributed by atoms with Crippen molar-refractivity contribution >= 4 is 5.91 Å². The molecule has 0 spiro atoms. The van der Waals surface area contributed by atoms with Gasteiger partial charge in [-0.3, -0.25) is 4.79 Å². The number of nitrogens with one attached hydrogen (secondary N) is 1. The molecular weight excluding hydrogens is 208 g/mol. The molecule has 0 aliphatic rings. The molecule has 1 aromatic carbocycles. The predicted molar refractivity (Wildman–Crippen MR) is 60.1 cm³/mol. The number of methoxy groups -OCH3 is 1. The van der Waals surface area contributed by atoms with Crippen molar-refractivity contribution in [3.63, 3.8) is 0 Å². The van der Waals surface area contributed by atoms with E-state index < -0.39 is 0 Å². The maximum atomic E-state index is 11.8. The zero-order chi connectivity index (χ0) is 12.0. The first-order valence-electron chi connectivity index (χ1n) is 4.94. The van der Waals surface area contributed by atoms with Crippen LogP contribution in [0.5, 0.6) is 5.75 Å². The molecule has 5 nitrogen and oxygen atoms in total. The second kappa shape index (κ2) is 6.09. The Hall–Kier alpha value is -1.59. The molecule has 88 valence electrons. The molecule has 0 heterocycles. The van der Waals surface area contributed by atoms with E-state index in [2.05, 4.69) is 10.2 Å². The van der Waals surface area contributed by atoms with Crippen molar-refractivity contribution in [1.82, 2.24) is 5.32 Å². The van der Waals surface area contributed by atoms with Crippen LogP contribution < -0.4 is 16.0 Å². The van der Waals surface area contributed by atoms with Crippen molar-refractivity contribution in [2.75, 3.05) is 13.7 Å². The maximum Gasteiger partial charge on any atom is 0.255 e. The lowest BCUT2D eigenvalue weighted by molar-refractivity contribution is 0.0854. The summed E-state index contributed by atoms with van der Waals surface area (Å²) < 4.78 is 5.09. The fourth-order valence-corrected chi connectivity index (χ4v) is 1.32. The lowest BCUT2D eigenvalue weighted by atomic mass is 10.2. The predicted octanol–water partition coefficient (Wildman–Crippen LogP) is 0.704. The van der Waals surface area contributed by atoms with Gasteiger partial charge in [-0.25, -0.2) is 5.90 Å². The Morgan fingerprint density at radius 3 is 2.81 bits per heavy atom. The van der Waals surface area contributed by atoms with E-state index in [4.69, 9.17) is 10.6 Å². The van der Waals surface area contributed by atoms with Crippen LogP contribution in [-0.2, 0) is 4.84 Å². The van der Waals surface area contributed by atoms with Crippen LogP contribution >= 0.6 is 0 Å². The van der Waals surface area contributed by atoms with E-state index in [-0.39, 0.29) is 18.6 Å². The van der Waals surface area contributed by atoms with Gasteiger partial charge in [0.2, 0.25) is 0 Å². The molecule has 1 rings (SSSR count). The fourth-order valence-electron chi connectivity index (χ4n) is 1.32. The Kier molecular flexibility index (Phi) is 4.75. The molecule has 5 heteroatoms. The van der Waals surface area contributed by atoms with Gasteiger partial charge in [0.25, 0.3) is 5.91 Å². The van der Waals surface area contributed by atoms with Crippen LogP contribution in [0.3, 0.4) is 0 Å². The molecule has 0 radical (unpaired) electrons. The number of benzene rings is 1. The first kappa shape index (κ1) is 12.5. The molecule has 1 atom stereocenters. The van der Waals surface area contributed by atoms with Crippen LogP contribution in [-0.4, -0.2) is 25.7 Å². The lowest BCUT2D eigenvalue weighted by Crippen LogP contribution is -2.36. The number of nitrogens with two attached hydrogens (primary N) is 1. The third-order valence-corrected chi connectivity index (χ3v) is 2.08. The zero-order valence-electron chi connectivity index (χ0n) is 9.40. The van der Waals surface area contributed by atoms with Crippen molar-refractivity contribution in [3.05, 3.63) is 29.8 Å². The molecule has 1 amide bonds. The van der Waals surface area contributed by atoms with Gasteiger partial charge in [-0.15, -0.1) is 0 Å². The van der Waals surface area contributed by atoms with Gasteiger partial charge in [0.05, 0.1) is 25.3 Å². The molecule has 0 saturated carbocycles. The molecule has 0 aliphatic carbocycles. The smallest absolute Gasteiger partial charge is 0.255 e. The number of carbonyl (C=O) groups excluding carboxylic acids is 1. The average Bonchev–Trinajstić information content (AvgIpc) is 2.29. The first-order chi connectivity index (χ1) is 7.69. The summed E-state index contributed by atoms with van der Waals surface area (Å²) in [6.07, 6.45) is 0. The number of para-hydroxylation sites is 1. The van der Waals surface area contributed by atoms with Gasteiger partial charge in [0.15, 0.2) is 0 Å². The van der Waals surface area contributed by atoms with Crippen LogP contribution in [0.4, 0.5) is 0 Å². The van der Waals surface area contributed by atoms with E-state index in [9.17, 15) is 4.79 Å². The second-order valence-corrected chi connectivity index (χ2v) is 3.41. The minimum absolute atomic E-state index is 0.151. The molecular formula is C11H16N2O3. The van der Waals surface area contributed by atoms with Crippen molar-refractivity contribution in [3.8, 4) is 5.75 Å². The molecule has 0 aliphatic heterocycles. The minimum Gasteiger partial charge on any atom is -0.496 e. The molecule has 16 heavy (non-hydrogen) atoms. The van der Waals surface area contributed by atoms with Crippen LogP contribution in [0.15, 0.2) is 24.3 Å². The largest absolute Gasteiger partial charge is 0.496 e. The highest BCUT2D eigenvalue weighted by Crippen LogP contribution is 2.16. The summed E-state index contributed by atoms with van der Waals surface area (Å²) in [5.74, 6) is 5.26. The number of rotatable bonds is 5. The van der Waals surface area contributed by atoms with Crippen LogP contribution in [0.25, 0.3) is 0 Å². The number of ether oxygens (including phenoxy) is 1. The number of hydrogen-bond acceptors (Lipinski definition) is 4. The van der Waals surface area contributed by atoms with Gasteiger partial charge in [0, 0.05) is 0 Å². The summed E-state index contributed by atoms with van der Waals surface area (Å²) in [7, 11) is 1.53. The summed E-state index contributed by atoms with van der Waals surface area (Å²) in [5, 5.41) is 2.75. The van der Waals surface area contributed by atoms with Crippen LogP contribution in [0.1, 0.15) is 17.3 Å². The van der Waals surface area contributed by atoms with Crippen molar-refractivity contribution in [2.45, 2.75) is 13.0 Å². The third-order valence-electron chi connectivity index (χ3n) is 2.08. The maximum absolute atomic E-state index is 11.8. The van der Waals surface area contributed by atoms with Gasteiger partial charge in [0.1, 0.15) is 5.75 Å². The highest BCUT2D eigenvalue weighted by molar-refractivity contribution is 5.97. The zero-order valence-corrected chi connectivity index (χ0v) is 9.40. The number of carbonyl (C=O) groups is 1. The third kappa shape index (κ3) is 3.22. The molecule has 0 fully saturated rings. The van der Waals surface area contributed by atoms with Gasteiger partial charge in [-0.05, 0) is 19.1 Å². The summed E-state index contributed by atoms with van der Waals surface area (Å²) in [5.41, 5.74) is 0.494. The summed E-state index contributed by atoms with van der Waals surface area (Å²) in [4.78, 5) is 16.3. The minimum atomic E-state index is -0.206. The van der Waals surface area contributed by atoms with Crippen LogP contribution in [0, 0.1) is 0 Å². The van der Waals surface area contributed by atoms with E-state index >= 15 is 0 Å². The monoisotopic (exact) mass is 224 g/mol. The van der Waals surface area contributed by atoms with Gasteiger partial charge in [-0.2, -0.15) is 0 Å². The highest BCUT2D eigenvalue weighted by Gasteiger charge is 2.13. The van der Waals surface area contributed by atoms with Crippen molar-refractivity contribution in [2.24, 2.45) is 5.90 Å². The van der Waals surface area contributed by atoms with E-state index in [1.54, 1.807) is 25.1 Å². The Balaban J connectivity index is 2.72. The van der Waals surface area contributed by atoms with E-state index in [0.717, 1.165) is 0 Å². The van der Waals surface area contributed by atoms with Crippen molar-refractivity contribution in [1.29, 1.82) is 0 Å². The van der Waals surface area contributed by atoms with E-state index in [1.165, 1.54) is 7.11 Å². The molecule has 0 bridgehead atoms. The standard InChI is InChI=1S/C11H16N2O3/c1-8(7-16-12)13-11(14)9-5-3-4-6-10(9)15-2/h3-6,8H,7,12H2,1-2H3,(H,13,14). The summed E-state index contributed by atoms with van der Waals surface area (Å²) in [6.45, 7) is 2.07. The van der Waals surface area contributed by atoms with Gasteiger partial charge in [-0.1, -0.05) is 12.1 Å². The molecule has 1 aromatic rings. The SMILES string of the molecule is COc1ccccc1C(=O)NC(C)CON. The van der Waals surface area contributed by atoms with E-state index in [1.807, 2.05) is 6.07 Å². The number of hydrogen-bond donors (Lipinski definition) is 2. The Labute approximate surface area is 94.5 Å². The number of amides is 1. The Morgan fingerprint density at radius 1 is 1.50 bits per heavy atom. The highest BCUT2D eigenvalue weighted by atomic mass is 16.6. The topological polar surface area (TPSA) is 73.6 Å². The van der Waals surface area contributed by atoms with Gasteiger partial charge >= 0.3 is 0 Å². The summed E-state index contributed by atoms with van der Waals surface area (Å²) >= 11 is 0. The summed E-state index contributed by atoms with van der Waals surface area (Å²) in [6, 6.07) is 6.87. The Morgan fingerprint density at radius 2 is 2.19 bits per heavy atom. The molecule has 0 aromatic heterocycles. The Bertz CT molecular complexity index is 355. The quantitative estimate of drug-likeness (QED) is 0.722. The first-order valence-corrected chi connectivity index (χ1v) is 4.94. The second-order valence-electron chi connectivity index (χ2n) is 3.41. The normalized spacial score (nSPS) is 11.9. The van der Waals surface area contributed by atoms with E-state index in [0.29, 0.717) is 11.3 Å². The molecule has 0 saturated heterocycles. The molecule has 3 N–H and O–H groups in total. The van der Waals surface area contributed by atoms with Crippen molar-refractivity contribution < 1.29 is 14.4 Å². The average molecular weight is 224 g/mol. The lowest BCUT2D eigenvalue weighted by Gasteiger charge is -2.13. The van der Waals surface area contributed by atoms with Gasteiger partial charge < -0.3 is 14.9 Å².